The monoisotopic (exact) mass is 339 g/mol. The number of aryl methyl sites for hydroxylation is 1. The molecule has 2 aliphatic rings. The van der Waals surface area contributed by atoms with Crippen LogP contribution in [0.3, 0.4) is 0 Å². The first-order chi connectivity index (χ1) is 12.2. The Labute approximate surface area is 147 Å². The molecule has 2 heterocycles. The Morgan fingerprint density at radius 2 is 2.00 bits per heavy atom. The lowest BCUT2D eigenvalue weighted by molar-refractivity contribution is -0.131. The molecule has 25 heavy (non-hydrogen) atoms. The first kappa shape index (κ1) is 16.3. The highest BCUT2D eigenvalue weighted by atomic mass is 16.4. The molecule has 2 saturated carbocycles. The zero-order chi connectivity index (χ0) is 17.4. The molecule has 5 heteroatoms. The third kappa shape index (κ3) is 3.08. The van der Waals surface area contributed by atoms with Gasteiger partial charge in [0.15, 0.2) is 5.65 Å². The molecular formula is C20H25N3O2. The fourth-order valence-electron chi connectivity index (χ4n) is 4.20. The van der Waals surface area contributed by atoms with E-state index in [1.165, 1.54) is 43.7 Å². The first-order valence-electron chi connectivity index (χ1n) is 9.49. The van der Waals surface area contributed by atoms with Gasteiger partial charge in [0, 0.05) is 29.5 Å². The highest BCUT2D eigenvalue weighted by molar-refractivity contribution is 5.90. The van der Waals surface area contributed by atoms with Crippen molar-refractivity contribution in [3.8, 4) is 0 Å². The quantitative estimate of drug-likeness (QED) is 0.816. The van der Waals surface area contributed by atoms with Crippen molar-refractivity contribution in [3.63, 3.8) is 0 Å². The second-order valence-electron chi connectivity index (χ2n) is 7.30. The van der Waals surface area contributed by atoms with Crippen LogP contribution in [0.5, 0.6) is 0 Å². The highest BCUT2D eigenvalue weighted by Gasteiger charge is 2.32. The van der Waals surface area contributed by atoms with Gasteiger partial charge in [-0.05, 0) is 50.2 Å². The average molecular weight is 339 g/mol. The third-order valence-corrected chi connectivity index (χ3v) is 5.56. The van der Waals surface area contributed by atoms with Gasteiger partial charge >= 0.3 is 5.97 Å². The summed E-state index contributed by atoms with van der Waals surface area (Å²) in [5, 5.41) is 14.8. The van der Waals surface area contributed by atoms with Gasteiger partial charge in [0.05, 0.1) is 11.9 Å². The minimum Gasteiger partial charge on any atom is -0.478 e. The van der Waals surface area contributed by atoms with Crippen LogP contribution in [0, 0.1) is 0 Å². The van der Waals surface area contributed by atoms with Gasteiger partial charge < -0.3 is 5.11 Å². The summed E-state index contributed by atoms with van der Waals surface area (Å²) in [5.41, 5.74) is 4.40. The van der Waals surface area contributed by atoms with Gasteiger partial charge in [-0.3, -0.25) is 0 Å². The molecule has 0 spiro atoms. The average Bonchev–Trinajstić information content (AvgIpc) is 3.39. The number of rotatable bonds is 5. The Morgan fingerprint density at radius 1 is 1.24 bits per heavy atom. The zero-order valence-corrected chi connectivity index (χ0v) is 14.7. The maximum absolute atomic E-state index is 11.1. The number of pyridine rings is 1. The largest absolute Gasteiger partial charge is 0.478 e. The minimum atomic E-state index is -0.902. The maximum atomic E-state index is 11.1. The van der Waals surface area contributed by atoms with Gasteiger partial charge in [-0.15, -0.1) is 0 Å². The zero-order valence-electron chi connectivity index (χ0n) is 14.7. The van der Waals surface area contributed by atoms with Crippen LogP contribution in [0.25, 0.3) is 17.1 Å². The van der Waals surface area contributed by atoms with Gasteiger partial charge in [0.25, 0.3) is 0 Å². The summed E-state index contributed by atoms with van der Waals surface area (Å²) in [5.74, 6) is 0.0563. The predicted octanol–water partition coefficient (Wildman–Crippen LogP) is 4.47. The van der Waals surface area contributed by atoms with Gasteiger partial charge in [0.2, 0.25) is 0 Å². The number of aliphatic carboxylic acids is 1. The van der Waals surface area contributed by atoms with E-state index >= 15 is 0 Å². The topological polar surface area (TPSA) is 68.0 Å². The summed E-state index contributed by atoms with van der Waals surface area (Å²) >= 11 is 0. The molecule has 0 unspecified atom stereocenters. The molecule has 4 rings (SSSR count). The van der Waals surface area contributed by atoms with Crippen LogP contribution in [-0.2, 0) is 11.3 Å². The number of aromatic nitrogens is 3. The highest BCUT2D eigenvalue weighted by Crippen LogP contribution is 2.46. The summed E-state index contributed by atoms with van der Waals surface area (Å²) in [7, 11) is 0. The van der Waals surface area contributed by atoms with Crippen molar-refractivity contribution in [2.24, 2.45) is 0 Å². The molecule has 0 atom stereocenters. The van der Waals surface area contributed by atoms with Crippen LogP contribution in [0.15, 0.2) is 12.3 Å². The van der Waals surface area contributed by atoms with Crippen molar-refractivity contribution in [2.75, 3.05) is 0 Å². The number of fused-ring (bicyclic) bond motifs is 1. The van der Waals surface area contributed by atoms with Crippen molar-refractivity contribution in [1.29, 1.82) is 0 Å². The van der Waals surface area contributed by atoms with Crippen molar-refractivity contribution in [3.05, 3.63) is 29.1 Å². The van der Waals surface area contributed by atoms with Gasteiger partial charge in [-0.25, -0.2) is 14.5 Å². The van der Waals surface area contributed by atoms with Crippen LogP contribution in [0.1, 0.15) is 80.5 Å². The standard InChI is InChI=1S/C20H25N3O2/c1-2-23-20-16(12-21-23)18(13-6-4-3-5-7-13)15(10-11-17(24)25)19(22-20)14-8-9-14/h10-14H,2-9H2,1H3,(H,24,25)/b11-10+. The predicted molar refractivity (Wildman–Crippen MR) is 97.7 cm³/mol. The van der Waals surface area contributed by atoms with E-state index in [9.17, 15) is 4.79 Å². The number of hydrogen-bond acceptors (Lipinski definition) is 3. The Kier molecular flexibility index (Phi) is 4.32. The van der Waals surface area contributed by atoms with E-state index in [1.54, 1.807) is 6.08 Å². The molecule has 0 saturated heterocycles. The van der Waals surface area contributed by atoms with Crippen LogP contribution in [-0.4, -0.2) is 25.8 Å². The Morgan fingerprint density at radius 3 is 2.64 bits per heavy atom. The molecule has 2 aromatic heterocycles. The van der Waals surface area contributed by atoms with E-state index in [1.807, 2.05) is 10.9 Å². The minimum absolute atomic E-state index is 0.473. The van der Waals surface area contributed by atoms with Crippen molar-refractivity contribution < 1.29 is 9.90 Å². The lowest BCUT2D eigenvalue weighted by Gasteiger charge is -2.25. The smallest absolute Gasteiger partial charge is 0.328 e. The molecule has 0 amide bonds. The summed E-state index contributed by atoms with van der Waals surface area (Å²) < 4.78 is 1.97. The Hall–Kier alpha value is -2.17. The summed E-state index contributed by atoms with van der Waals surface area (Å²) in [6.07, 6.45) is 13.4. The number of nitrogens with zero attached hydrogens (tertiary/aromatic N) is 3. The number of carboxylic acid groups (broad SMARTS) is 1. The lowest BCUT2D eigenvalue weighted by Crippen LogP contribution is -2.10. The molecule has 0 bridgehead atoms. The molecule has 132 valence electrons. The molecule has 2 aliphatic carbocycles. The number of carboxylic acids is 1. The van der Waals surface area contributed by atoms with Crippen LogP contribution >= 0.6 is 0 Å². The lowest BCUT2D eigenvalue weighted by atomic mass is 9.80. The SMILES string of the molecule is CCn1ncc2c(C3CCCCC3)c(/C=C/C(=O)O)c(C3CC3)nc21. The van der Waals surface area contributed by atoms with Gasteiger partial charge in [0.1, 0.15) is 0 Å². The maximum Gasteiger partial charge on any atom is 0.328 e. The molecule has 5 nitrogen and oxygen atoms in total. The van der Waals surface area contributed by atoms with E-state index < -0.39 is 5.97 Å². The van der Waals surface area contributed by atoms with Crippen molar-refractivity contribution in [2.45, 2.75) is 70.3 Å². The number of hydrogen-bond donors (Lipinski definition) is 1. The Bertz CT molecular complexity index is 827. The normalized spacial score (nSPS) is 19.1. The molecule has 2 aromatic rings. The van der Waals surface area contributed by atoms with Crippen molar-refractivity contribution in [1.82, 2.24) is 14.8 Å². The second-order valence-corrected chi connectivity index (χ2v) is 7.30. The second kappa shape index (κ2) is 6.62. The van der Waals surface area contributed by atoms with Crippen LogP contribution < -0.4 is 0 Å². The number of carbonyl (C=O) groups is 1. The first-order valence-corrected chi connectivity index (χ1v) is 9.49. The molecule has 0 radical (unpaired) electrons. The summed E-state index contributed by atoms with van der Waals surface area (Å²) in [4.78, 5) is 16.1. The fraction of sp³-hybridized carbons (Fsp3) is 0.550. The molecule has 1 N–H and O–H groups in total. The fourth-order valence-corrected chi connectivity index (χ4v) is 4.20. The van der Waals surface area contributed by atoms with E-state index in [-0.39, 0.29) is 0 Å². The summed E-state index contributed by atoms with van der Waals surface area (Å²) in [6.45, 7) is 2.89. The third-order valence-electron chi connectivity index (χ3n) is 5.56. The van der Waals surface area contributed by atoms with E-state index in [2.05, 4.69) is 12.0 Å². The van der Waals surface area contributed by atoms with Crippen LogP contribution in [0.2, 0.25) is 0 Å². The summed E-state index contributed by atoms with van der Waals surface area (Å²) in [6, 6.07) is 0. The van der Waals surface area contributed by atoms with Crippen molar-refractivity contribution >= 4 is 23.1 Å². The Balaban J connectivity index is 1.96. The molecule has 2 fully saturated rings. The molecular weight excluding hydrogens is 314 g/mol. The van der Waals surface area contributed by atoms with E-state index in [0.717, 1.165) is 41.7 Å². The molecule has 0 aromatic carbocycles. The van der Waals surface area contributed by atoms with Gasteiger partial charge in [-0.1, -0.05) is 19.3 Å². The van der Waals surface area contributed by atoms with Crippen LogP contribution in [0.4, 0.5) is 0 Å². The molecule has 0 aliphatic heterocycles. The van der Waals surface area contributed by atoms with E-state index in [4.69, 9.17) is 10.1 Å². The van der Waals surface area contributed by atoms with Gasteiger partial charge in [-0.2, -0.15) is 5.10 Å². The van der Waals surface area contributed by atoms with E-state index in [0.29, 0.717) is 11.8 Å².